The number of nitrogens with zero attached hydrogens (tertiary/aromatic N) is 1. The quantitative estimate of drug-likeness (QED) is 0.122. The molecule has 7 nitrogen and oxygen atoms in total. The molecule has 0 radical (unpaired) electrons. The average molecular weight is 612 g/mol. The molecule has 1 aromatic heterocycles. The summed E-state index contributed by atoms with van der Waals surface area (Å²) in [5.41, 5.74) is 1.22. The lowest BCUT2D eigenvalue weighted by Gasteiger charge is -2.17. The SMILES string of the molecule is CCOC(=O)Cc1ccccc1OCc1cc(-c2cccc(C(CF)=NS(=O)(=O)CCC(C)(C)C)c2F)c2occc2c1. The lowest BCUT2D eigenvalue weighted by molar-refractivity contribution is -0.142. The first kappa shape index (κ1) is 31.9. The van der Waals surface area contributed by atoms with E-state index in [0.717, 1.165) is 0 Å². The Morgan fingerprint density at radius 3 is 2.51 bits per heavy atom. The molecule has 0 aliphatic rings. The number of carbonyl (C=O) groups is 1. The molecule has 0 aliphatic carbocycles. The van der Waals surface area contributed by atoms with Gasteiger partial charge in [-0.3, -0.25) is 4.79 Å². The Morgan fingerprint density at radius 1 is 1.02 bits per heavy atom. The smallest absolute Gasteiger partial charge is 0.310 e. The molecule has 1 heterocycles. The highest BCUT2D eigenvalue weighted by atomic mass is 32.2. The Kier molecular flexibility index (Phi) is 10.0. The van der Waals surface area contributed by atoms with Crippen LogP contribution in [0.5, 0.6) is 5.75 Å². The number of hydrogen-bond acceptors (Lipinski definition) is 6. The Balaban J connectivity index is 1.68. The summed E-state index contributed by atoms with van der Waals surface area (Å²) in [5.74, 6) is -0.956. The molecular weight excluding hydrogens is 576 g/mol. The number of fused-ring (bicyclic) bond motifs is 1. The lowest BCUT2D eigenvalue weighted by Crippen LogP contribution is -2.16. The number of esters is 1. The van der Waals surface area contributed by atoms with Crippen LogP contribution in [-0.2, 0) is 32.6 Å². The predicted octanol–water partition coefficient (Wildman–Crippen LogP) is 7.45. The predicted molar refractivity (Wildman–Crippen MR) is 163 cm³/mol. The van der Waals surface area contributed by atoms with Crippen molar-refractivity contribution < 1.29 is 35.9 Å². The number of alkyl halides is 1. The van der Waals surface area contributed by atoms with Gasteiger partial charge in [-0.2, -0.15) is 4.40 Å². The minimum Gasteiger partial charge on any atom is -0.489 e. The van der Waals surface area contributed by atoms with Crippen LogP contribution in [0.4, 0.5) is 8.78 Å². The topological polar surface area (TPSA) is 95.2 Å². The first-order chi connectivity index (χ1) is 20.4. The second-order valence-corrected chi connectivity index (χ2v) is 13.1. The van der Waals surface area contributed by atoms with E-state index >= 15 is 4.39 Å². The Labute approximate surface area is 250 Å². The molecule has 0 fully saturated rings. The lowest BCUT2D eigenvalue weighted by atomic mass is 9.94. The molecule has 4 aromatic rings. The zero-order chi connectivity index (χ0) is 31.2. The van der Waals surface area contributed by atoms with Crippen LogP contribution in [0.25, 0.3) is 22.1 Å². The van der Waals surface area contributed by atoms with Crippen LogP contribution in [0.2, 0.25) is 0 Å². The second-order valence-electron chi connectivity index (χ2n) is 11.3. The molecule has 0 N–H and O–H groups in total. The molecule has 0 saturated carbocycles. The van der Waals surface area contributed by atoms with E-state index in [4.69, 9.17) is 13.9 Å². The number of furan rings is 1. The van der Waals surface area contributed by atoms with E-state index in [2.05, 4.69) is 4.40 Å². The fourth-order valence-corrected chi connectivity index (χ4v) is 5.95. The van der Waals surface area contributed by atoms with Crippen molar-refractivity contribution in [1.29, 1.82) is 0 Å². The molecule has 43 heavy (non-hydrogen) atoms. The molecule has 228 valence electrons. The first-order valence-electron chi connectivity index (χ1n) is 13.9. The maximum Gasteiger partial charge on any atom is 0.310 e. The van der Waals surface area contributed by atoms with E-state index in [1.165, 1.54) is 24.5 Å². The normalized spacial score (nSPS) is 12.5. The second kappa shape index (κ2) is 13.5. The van der Waals surface area contributed by atoms with Gasteiger partial charge in [0.25, 0.3) is 10.0 Å². The zero-order valence-electron chi connectivity index (χ0n) is 24.7. The van der Waals surface area contributed by atoms with Crippen molar-refractivity contribution in [2.45, 2.75) is 47.1 Å². The van der Waals surface area contributed by atoms with Crippen LogP contribution >= 0.6 is 0 Å². The number of rotatable bonds is 12. The number of para-hydroxylation sites is 1. The highest BCUT2D eigenvalue weighted by Crippen LogP contribution is 2.34. The summed E-state index contributed by atoms with van der Waals surface area (Å²) in [6, 6.07) is 16.7. The molecule has 3 aromatic carbocycles. The van der Waals surface area contributed by atoms with Crippen molar-refractivity contribution in [3.05, 3.63) is 89.4 Å². The molecule has 0 saturated heterocycles. The van der Waals surface area contributed by atoms with Gasteiger partial charge in [-0.05, 0) is 48.6 Å². The number of halogens is 2. The Bertz CT molecular complexity index is 1740. The van der Waals surface area contributed by atoms with Crippen LogP contribution in [0, 0.1) is 11.2 Å². The first-order valence-corrected chi connectivity index (χ1v) is 15.5. The van der Waals surface area contributed by atoms with Crippen molar-refractivity contribution >= 4 is 32.7 Å². The number of hydrogen-bond donors (Lipinski definition) is 0. The maximum atomic E-state index is 16.0. The largest absolute Gasteiger partial charge is 0.489 e. The molecule has 0 unspecified atom stereocenters. The minimum atomic E-state index is -4.03. The van der Waals surface area contributed by atoms with Gasteiger partial charge in [-0.15, -0.1) is 0 Å². The van der Waals surface area contributed by atoms with Gasteiger partial charge >= 0.3 is 5.97 Å². The molecule has 0 spiro atoms. The maximum absolute atomic E-state index is 16.0. The summed E-state index contributed by atoms with van der Waals surface area (Å²) >= 11 is 0. The minimum absolute atomic E-state index is 0.0540. The number of benzene rings is 3. The fraction of sp³-hybridized carbons (Fsp3) is 0.333. The van der Waals surface area contributed by atoms with Gasteiger partial charge in [0.2, 0.25) is 0 Å². The van der Waals surface area contributed by atoms with E-state index in [0.29, 0.717) is 39.8 Å². The summed E-state index contributed by atoms with van der Waals surface area (Å²) in [6.45, 7) is 6.53. The van der Waals surface area contributed by atoms with Gasteiger partial charge in [0.05, 0.1) is 30.8 Å². The third kappa shape index (κ3) is 8.28. The van der Waals surface area contributed by atoms with E-state index < -0.39 is 28.2 Å². The summed E-state index contributed by atoms with van der Waals surface area (Å²) in [7, 11) is -4.03. The van der Waals surface area contributed by atoms with E-state index in [1.807, 2.05) is 26.8 Å². The molecule has 10 heteroatoms. The van der Waals surface area contributed by atoms with Gasteiger partial charge in [0.15, 0.2) is 0 Å². The van der Waals surface area contributed by atoms with Crippen molar-refractivity contribution in [3.63, 3.8) is 0 Å². The highest BCUT2D eigenvalue weighted by Gasteiger charge is 2.22. The number of ether oxygens (including phenoxy) is 2. The van der Waals surface area contributed by atoms with Crippen molar-refractivity contribution in [3.8, 4) is 16.9 Å². The van der Waals surface area contributed by atoms with Gasteiger partial charge in [-0.25, -0.2) is 17.2 Å². The van der Waals surface area contributed by atoms with E-state index in [-0.39, 0.29) is 47.9 Å². The van der Waals surface area contributed by atoms with Crippen LogP contribution in [0.15, 0.2) is 75.7 Å². The third-order valence-corrected chi connectivity index (χ3v) is 7.92. The molecule has 4 rings (SSSR count). The Hall–Kier alpha value is -4.05. The van der Waals surface area contributed by atoms with Crippen LogP contribution in [0.3, 0.4) is 0 Å². The van der Waals surface area contributed by atoms with Crippen LogP contribution in [-0.4, -0.2) is 39.1 Å². The van der Waals surface area contributed by atoms with Crippen molar-refractivity contribution in [1.82, 2.24) is 0 Å². The fourth-order valence-electron chi connectivity index (χ4n) is 4.50. The van der Waals surface area contributed by atoms with Gasteiger partial charge < -0.3 is 13.9 Å². The number of carbonyl (C=O) groups excluding carboxylic acids is 1. The monoisotopic (exact) mass is 611 g/mol. The van der Waals surface area contributed by atoms with Gasteiger partial charge in [0, 0.05) is 27.6 Å². The van der Waals surface area contributed by atoms with Crippen LogP contribution < -0.4 is 4.74 Å². The molecule has 0 bridgehead atoms. The molecular formula is C33H35F2NO6S. The van der Waals surface area contributed by atoms with E-state index in [1.54, 1.807) is 43.3 Å². The van der Waals surface area contributed by atoms with Crippen molar-refractivity contribution in [2.24, 2.45) is 9.81 Å². The zero-order valence-corrected chi connectivity index (χ0v) is 25.5. The summed E-state index contributed by atoms with van der Waals surface area (Å²) in [5, 5.41) is 0.685. The third-order valence-electron chi connectivity index (χ3n) is 6.70. The van der Waals surface area contributed by atoms with Crippen LogP contribution in [0.1, 0.15) is 50.8 Å². The molecule has 0 aliphatic heterocycles. The van der Waals surface area contributed by atoms with Crippen molar-refractivity contribution in [2.75, 3.05) is 19.0 Å². The van der Waals surface area contributed by atoms with Gasteiger partial charge in [0.1, 0.15) is 30.4 Å². The summed E-state index contributed by atoms with van der Waals surface area (Å²) < 4.78 is 75.9. The summed E-state index contributed by atoms with van der Waals surface area (Å²) in [4.78, 5) is 12.0. The summed E-state index contributed by atoms with van der Waals surface area (Å²) in [6.07, 6.45) is 1.85. The average Bonchev–Trinajstić information content (AvgIpc) is 3.43. The Morgan fingerprint density at radius 2 is 1.79 bits per heavy atom. The molecule has 0 amide bonds. The number of sulfonamides is 1. The highest BCUT2D eigenvalue weighted by molar-refractivity contribution is 7.90. The van der Waals surface area contributed by atoms with E-state index in [9.17, 15) is 17.6 Å². The standard InChI is InChI=1S/C33H35F2NO6S/c1-5-40-30(37)19-23-9-6-7-12-29(23)42-21-22-17-24-13-15-41-32(24)27(18-22)25-10-8-11-26(31(25)35)28(20-34)36-43(38,39)16-14-33(2,3)4/h6-13,15,17-18H,5,14,16,19-21H2,1-4H3. The van der Waals surface area contributed by atoms with Gasteiger partial charge in [-0.1, -0.05) is 57.2 Å². The molecule has 0 atom stereocenters.